The largest absolute Gasteiger partial charge is 4.00 e. The van der Waals surface area contributed by atoms with Crippen molar-refractivity contribution in [1.82, 2.24) is 0 Å². The molecule has 0 N–H and O–H groups in total. The van der Waals surface area contributed by atoms with Crippen molar-refractivity contribution in [3.8, 4) is 0 Å². The van der Waals surface area contributed by atoms with Crippen LogP contribution in [0.4, 0.5) is 0 Å². The minimum atomic E-state index is 0. The molecule has 0 aliphatic heterocycles. The van der Waals surface area contributed by atoms with Crippen LogP contribution in [0, 0.1) is 27.4 Å². The van der Waals surface area contributed by atoms with Crippen molar-refractivity contribution in [2.45, 2.75) is 20.3 Å². The van der Waals surface area contributed by atoms with Crippen molar-refractivity contribution in [1.29, 1.82) is 0 Å². The molecule has 0 bridgehead atoms. The molecule has 0 unspecified atom stereocenters. The molecule has 0 radical (unpaired) electrons. The molecule has 0 atom stereocenters. The van der Waals surface area contributed by atoms with Gasteiger partial charge in [0.05, 0.1) is 0 Å². The van der Waals surface area contributed by atoms with E-state index in [0.717, 1.165) is 6.42 Å². The van der Waals surface area contributed by atoms with Gasteiger partial charge in [-0.3, -0.25) is 6.08 Å². The predicted molar refractivity (Wildman–Crippen MR) is 139 cm³/mol. The van der Waals surface area contributed by atoms with Gasteiger partial charge < -0.3 is 18.1 Å². The van der Waals surface area contributed by atoms with E-state index in [9.17, 15) is 0 Å². The molecule has 2 aromatic rings. The van der Waals surface area contributed by atoms with E-state index in [0.29, 0.717) is 0 Å². The smallest absolute Gasteiger partial charge is 0.668 e. The van der Waals surface area contributed by atoms with Crippen molar-refractivity contribution >= 4 is 12.2 Å². The summed E-state index contributed by atoms with van der Waals surface area (Å²) in [5.41, 5.74) is 5.05. The Morgan fingerprint density at radius 2 is 1.06 bits per heavy atom. The van der Waals surface area contributed by atoms with E-state index in [4.69, 9.17) is 0 Å². The molecule has 0 spiro atoms. The summed E-state index contributed by atoms with van der Waals surface area (Å²) in [6, 6.07) is 17.0. The van der Waals surface area contributed by atoms with Crippen molar-refractivity contribution in [3.05, 3.63) is 125 Å². The summed E-state index contributed by atoms with van der Waals surface area (Å²) < 4.78 is 0. The van der Waals surface area contributed by atoms with E-state index in [2.05, 4.69) is 109 Å². The minimum Gasteiger partial charge on any atom is -0.668 e. The van der Waals surface area contributed by atoms with Crippen LogP contribution in [0.1, 0.15) is 28.7 Å². The number of rotatable bonds is 3. The molecule has 0 heterocycles. The van der Waals surface area contributed by atoms with Gasteiger partial charge in [0.1, 0.15) is 0 Å². The van der Waals surface area contributed by atoms with Gasteiger partial charge in [0, 0.05) is 0 Å². The number of benzene rings is 2. The van der Waals surface area contributed by atoms with Crippen LogP contribution >= 0.6 is 0 Å². The molecular weight excluding hydrogens is 412 g/mol. The molecule has 0 saturated heterocycles. The summed E-state index contributed by atoms with van der Waals surface area (Å²) >= 11 is 0. The quantitative estimate of drug-likeness (QED) is 0.257. The molecule has 1 aliphatic carbocycles. The molecule has 164 valence electrons. The van der Waals surface area contributed by atoms with Crippen LogP contribution in [-0.4, -0.2) is 28.2 Å². The van der Waals surface area contributed by atoms with Gasteiger partial charge >= 0.3 is 21.7 Å². The van der Waals surface area contributed by atoms with Crippen LogP contribution in [0.15, 0.2) is 78.9 Å². The van der Waals surface area contributed by atoms with Gasteiger partial charge in [0.25, 0.3) is 0 Å². The van der Waals surface area contributed by atoms with E-state index >= 15 is 0 Å². The first-order chi connectivity index (χ1) is 14.1. The van der Waals surface area contributed by atoms with E-state index in [1.54, 1.807) is 28.2 Å². The Hall–Kier alpha value is -1.97. The zero-order chi connectivity index (χ0) is 21.7. The van der Waals surface area contributed by atoms with Gasteiger partial charge in [-0.2, -0.15) is 34.3 Å². The average molecular weight is 450 g/mol. The second kappa shape index (κ2) is 24.3. The van der Waals surface area contributed by atoms with Crippen LogP contribution in [0.3, 0.4) is 0 Å². The van der Waals surface area contributed by atoms with Crippen LogP contribution in [0.25, 0.3) is 22.8 Å². The van der Waals surface area contributed by atoms with Gasteiger partial charge in [0.15, 0.2) is 0 Å². The molecular formula is C28H38N2Ti. The third kappa shape index (κ3) is 21.1. The summed E-state index contributed by atoms with van der Waals surface area (Å²) in [7, 11) is 7.00. The first-order valence-electron chi connectivity index (χ1n) is 9.73. The molecule has 31 heavy (non-hydrogen) atoms. The summed E-state index contributed by atoms with van der Waals surface area (Å²) in [5, 5.41) is 7.00. The normalized spacial score (nSPS) is 10.6. The third-order valence-corrected chi connectivity index (χ3v) is 3.43. The third-order valence-electron chi connectivity index (χ3n) is 3.43. The fourth-order valence-corrected chi connectivity index (χ4v) is 2.03. The van der Waals surface area contributed by atoms with Crippen molar-refractivity contribution in [3.63, 3.8) is 0 Å². The molecule has 0 amide bonds. The zero-order valence-electron chi connectivity index (χ0n) is 20.3. The fourth-order valence-electron chi connectivity index (χ4n) is 2.03. The number of aryl methyl sites for hydroxylation is 2. The van der Waals surface area contributed by atoms with Crippen LogP contribution in [-0.2, 0) is 21.7 Å². The van der Waals surface area contributed by atoms with E-state index in [1.165, 1.54) is 22.3 Å². The number of nitrogens with zero attached hydrogens (tertiary/aromatic N) is 2. The predicted octanol–water partition coefficient (Wildman–Crippen LogP) is 8.02. The Morgan fingerprint density at radius 1 is 0.710 bits per heavy atom. The summed E-state index contributed by atoms with van der Waals surface area (Å²) in [6.45, 7) is 4.20. The molecule has 1 aliphatic rings. The van der Waals surface area contributed by atoms with Crippen LogP contribution < -0.4 is 0 Å². The SMILES string of the molecule is C[N-]C.C[N-]C.Cc1ccc(C=CC=Cc2ccc(C)cc2)cc1.[C-]1=CC=CC1.[CH3-].[Ti+4]. The van der Waals surface area contributed by atoms with Gasteiger partial charge in [-0.15, -0.1) is 6.42 Å². The first-order valence-corrected chi connectivity index (χ1v) is 9.73. The number of hydrogen-bond acceptors (Lipinski definition) is 0. The van der Waals surface area contributed by atoms with Gasteiger partial charge in [-0.25, -0.2) is 12.2 Å². The average Bonchev–Trinajstić information content (AvgIpc) is 3.30. The van der Waals surface area contributed by atoms with E-state index in [-0.39, 0.29) is 29.1 Å². The van der Waals surface area contributed by atoms with Crippen molar-refractivity contribution in [2.75, 3.05) is 28.2 Å². The molecule has 0 saturated carbocycles. The van der Waals surface area contributed by atoms with Gasteiger partial charge in [-0.1, -0.05) is 84.0 Å². The van der Waals surface area contributed by atoms with E-state index in [1.807, 2.05) is 12.2 Å². The second-order valence-electron chi connectivity index (χ2n) is 6.44. The molecule has 2 nitrogen and oxygen atoms in total. The summed E-state index contributed by atoms with van der Waals surface area (Å²) in [5.74, 6) is 0. The Bertz CT molecular complexity index is 674. The Morgan fingerprint density at radius 3 is 1.29 bits per heavy atom. The first kappa shape index (κ1) is 33.7. The maximum absolute atomic E-state index is 3.50. The topological polar surface area (TPSA) is 28.2 Å². The van der Waals surface area contributed by atoms with Crippen LogP contribution in [0.5, 0.6) is 0 Å². The van der Waals surface area contributed by atoms with Crippen molar-refractivity contribution < 1.29 is 21.7 Å². The molecule has 2 aromatic carbocycles. The molecule has 0 aromatic heterocycles. The van der Waals surface area contributed by atoms with Gasteiger partial charge in [0.2, 0.25) is 0 Å². The summed E-state index contributed by atoms with van der Waals surface area (Å²) in [6.07, 6.45) is 18.4. The standard InChI is InChI=1S/C18H18.C5H5.2C2H6N.CH3.Ti/c1-15-7-11-17(12-8-15)5-3-4-6-18-13-9-16(2)10-14-18;1-2-4-5-3-1;2*1-3-2;;/h3-14H,1-2H3;1-3H,4H2;2*1-2H3;1H3;/q;4*-1;+4. The second-order valence-corrected chi connectivity index (χ2v) is 6.44. The zero-order valence-corrected chi connectivity index (χ0v) is 21.8. The Kier molecular flexibility index (Phi) is 26.4. The number of allylic oxidation sites excluding steroid dienone is 6. The summed E-state index contributed by atoms with van der Waals surface area (Å²) in [4.78, 5) is 0. The minimum absolute atomic E-state index is 0. The maximum atomic E-state index is 3.50. The molecule has 0 fully saturated rings. The number of hydrogen-bond donors (Lipinski definition) is 0. The van der Waals surface area contributed by atoms with E-state index < -0.39 is 0 Å². The molecule has 3 heteroatoms. The molecule has 3 rings (SSSR count). The Balaban J connectivity index is -0.000000503. The van der Waals surface area contributed by atoms with Gasteiger partial charge in [-0.05, 0) is 25.0 Å². The maximum Gasteiger partial charge on any atom is 4.00 e. The van der Waals surface area contributed by atoms with Crippen molar-refractivity contribution in [2.24, 2.45) is 0 Å². The monoisotopic (exact) mass is 450 g/mol. The fraction of sp³-hybridized carbons (Fsp3) is 0.250. The van der Waals surface area contributed by atoms with Crippen LogP contribution in [0.2, 0.25) is 0 Å². The Labute approximate surface area is 207 Å².